The Labute approximate surface area is 85.5 Å². The largest absolute Gasteiger partial charge is 0.326 e. The number of benzene rings is 1. The first-order valence-corrected chi connectivity index (χ1v) is 5.33. The molecule has 14 heavy (non-hydrogen) atoms. The molecule has 0 aliphatic carbocycles. The molecule has 2 unspecified atom stereocenters. The molecule has 1 heterocycles. The molecule has 76 valence electrons. The van der Waals surface area contributed by atoms with Gasteiger partial charge in [-0.1, -0.05) is 29.8 Å². The molecule has 0 saturated carbocycles. The summed E-state index contributed by atoms with van der Waals surface area (Å²) in [5, 5.41) is 3.48. The van der Waals surface area contributed by atoms with Crippen molar-refractivity contribution in [2.24, 2.45) is 5.73 Å². The second-order valence-electron chi connectivity index (χ2n) is 4.15. The SMILES string of the molecule is Cc1ccc(C2NCCCC2N)cc1. The van der Waals surface area contributed by atoms with Gasteiger partial charge in [-0.15, -0.1) is 0 Å². The third-order valence-electron chi connectivity index (χ3n) is 2.94. The van der Waals surface area contributed by atoms with Crippen molar-refractivity contribution in [3.63, 3.8) is 0 Å². The fourth-order valence-corrected chi connectivity index (χ4v) is 2.05. The van der Waals surface area contributed by atoms with Crippen LogP contribution < -0.4 is 11.1 Å². The van der Waals surface area contributed by atoms with Crippen molar-refractivity contribution in [3.05, 3.63) is 35.4 Å². The summed E-state index contributed by atoms with van der Waals surface area (Å²) in [7, 11) is 0. The minimum Gasteiger partial charge on any atom is -0.326 e. The molecule has 0 radical (unpaired) electrons. The van der Waals surface area contributed by atoms with Crippen molar-refractivity contribution in [3.8, 4) is 0 Å². The Morgan fingerprint density at radius 3 is 2.64 bits per heavy atom. The second-order valence-corrected chi connectivity index (χ2v) is 4.15. The first-order chi connectivity index (χ1) is 6.77. The van der Waals surface area contributed by atoms with Crippen molar-refractivity contribution in [2.75, 3.05) is 6.54 Å². The summed E-state index contributed by atoms with van der Waals surface area (Å²) in [5.74, 6) is 0. The highest BCUT2D eigenvalue weighted by Crippen LogP contribution is 2.22. The zero-order valence-electron chi connectivity index (χ0n) is 8.66. The highest BCUT2D eigenvalue weighted by Gasteiger charge is 2.22. The van der Waals surface area contributed by atoms with Crippen LogP contribution in [0.3, 0.4) is 0 Å². The molecule has 0 spiro atoms. The summed E-state index contributed by atoms with van der Waals surface area (Å²) >= 11 is 0. The topological polar surface area (TPSA) is 38.0 Å². The van der Waals surface area contributed by atoms with Crippen LogP contribution in [0.4, 0.5) is 0 Å². The van der Waals surface area contributed by atoms with E-state index >= 15 is 0 Å². The summed E-state index contributed by atoms with van der Waals surface area (Å²) in [4.78, 5) is 0. The van der Waals surface area contributed by atoms with Gasteiger partial charge in [-0.2, -0.15) is 0 Å². The number of piperidine rings is 1. The van der Waals surface area contributed by atoms with Gasteiger partial charge in [0, 0.05) is 12.1 Å². The van der Waals surface area contributed by atoms with Gasteiger partial charge in [0.15, 0.2) is 0 Å². The van der Waals surface area contributed by atoms with E-state index in [0.717, 1.165) is 13.0 Å². The maximum absolute atomic E-state index is 6.09. The van der Waals surface area contributed by atoms with E-state index < -0.39 is 0 Å². The molecule has 1 saturated heterocycles. The highest BCUT2D eigenvalue weighted by atomic mass is 15.0. The first-order valence-electron chi connectivity index (χ1n) is 5.33. The lowest BCUT2D eigenvalue weighted by Crippen LogP contribution is -2.42. The molecule has 2 heteroatoms. The Kier molecular flexibility index (Phi) is 2.85. The molecule has 1 aliphatic heterocycles. The van der Waals surface area contributed by atoms with Gasteiger partial charge < -0.3 is 11.1 Å². The van der Waals surface area contributed by atoms with Gasteiger partial charge in [-0.25, -0.2) is 0 Å². The second kappa shape index (κ2) is 4.11. The summed E-state index contributed by atoms with van der Waals surface area (Å²) < 4.78 is 0. The van der Waals surface area contributed by atoms with E-state index in [9.17, 15) is 0 Å². The van der Waals surface area contributed by atoms with Crippen LogP contribution in [0.15, 0.2) is 24.3 Å². The molecule has 1 aromatic rings. The molecule has 1 fully saturated rings. The van der Waals surface area contributed by atoms with Crippen LogP contribution in [0, 0.1) is 6.92 Å². The Bertz CT molecular complexity index is 292. The van der Waals surface area contributed by atoms with Gasteiger partial charge in [0.2, 0.25) is 0 Å². The summed E-state index contributed by atoms with van der Waals surface area (Å²) in [6.07, 6.45) is 2.33. The van der Waals surface area contributed by atoms with Gasteiger partial charge in [0.1, 0.15) is 0 Å². The molecule has 2 atom stereocenters. The summed E-state index contributed by atoms with van der Waals surface area (Å²) in [5.41, 5.74) is 8.71. The quantitative estimate of drug-likeness (QED) is 0.708. The van der Waals surface area contributed by atoms with Gasteiger partial charge in [0.05, 0.1) is 0 Å². The monoisotopic (exact) mass is 190 g/mol. The third-order valence-corrected chi connectivity index (χ3v) is 2.94. The molecule has 1 aromatic carbocycles. The normalized spacial score (nSPS) is 27.6. The molecule has 1 aliphatic rings. The molecule has 2 rings (SSSR count). The standard InChI is InChI=1S/C12H18N2/c1-9-4-6-10(7-5-9)12-11(13)3-2-8-14-12/h4-7,11-12,14H,2-3,8,13H2,1H3. The number of aryl methyl sites for hydroxylation is 1. The van der Waals surface area contributed by atoms with E-state index in [2.05, 4.69) is 36.5 Å². The fraction of sp³-hybridized carbons (Fsp3) is 0.500. The lowest BCUT2D eigenvalue weighted by molar-refractivity contribution is 0.358. The Balaban J connectivity index is 2.16. The molecule has 2 nitrogen and oxygen atoms in total. The average molecular weight is 190 g/mol. The number of nitrogens with two attached hydrogens (primary N) is 1. The minimum atomic E-state index is 0.270. The Hall–Kier alpha value is -0.860. The number of hydrogen-bond donors (Lipinski definition) is 2. The van der Waals surface area contributed by atoms with Crippen LogP contribution in [-0.4, -0.2) is 12.6 Å². The van der Waals surface area contributed by atoms with E-state index in [4.69, 9.17) is 5.73 Å². The van der Waals surface area contributed by atoms with Crippen LogP contribution >= 0.6 is 0 Å². The number of nitrogens with one attached hydrogen (secondary N) is 1. The predicted molar refractivity (Wildman–Crippen MR) is 59.1 cm³/mol. The maximum atomic E-state index is 6.09. The van der Waals surface area contributed by atoms with Crippen molar-refractivity contribution < 1.29 is 0 Å². The summed E-state index contributed by atoms with van der Waals surface area (Å²) in [6, 6.07) is 9.28. The summed E-state index contributed by atoms with van der Waals surface area (Å²) in [6.45, 7) is 3.20. The zero-order valence-corrected chi connectivity index (χ0v) is 8.66. The maximum Gasteiger partial charge on any atom is 0.0473 e. The molecule has 0 aromatic heterocycles. The van der Waals surface area contributed by atoms with E-state index in [0.29, 0.717) is 6.04 Å². The molecular weight excluding hydrogens is 172 g/mol. The van der Waals surface area contributed by atoms with Crippen molar-refractivity contribution >= 4 is 0 Å². The minimum absolute atomic E-state index is 0.270. The van der Waals surface area contributed by atoms with Crippen LogP contribution in [0.25, 0.3) is 0 Å². The van der Waals surface area contributed by atoms with Gasteiger partial charge >= 0.3 is 0 Å². The zero-order chi connectivity index (χ0) is 9.97. The number of hydrogen-bond acceptors (Lipinski definition) is 2. The molecular formula is C12H18N2. The fourth-order valence-electron chi connectivity index (χ4n) is 2.05. The lowest BCUT2D eigenvalue weighted by Gasteiger charge is -2.30. The highest BCUT2D eigenvalue weighted by molar-refractivity contribution is 5.25. The smallest absolute Gasteiger partial charge is 0.0473 e. The Morgan fingerprint density at radius 2 is 2.00 bits per heavy atom. The molecule has 3 N–H and O–H groups in total. The van der Waals surface area contributed by atoms with Crippen molar-refractivity contribution in [1.29, 1.82) is 0 Å². The molecule has 0 bridgehead atoms. The molecule has 0 amide bonds. The van der Waals surface area contributed by atoms with E-state index in [1.807, 2.05) is 0 Å². The first kappa shape index (κ1) is 9.69. The van der Waals surface area contributed by atoms with Crippen molar-refractivity contribution in [1.82, 2.24) is 5.32 Å². The third kappa shape index (κ3) is 1.97. The van der Waals surface area contributed by atoms with Crippen LogP contribution in [0.1, 0.15) is 30.0 Å². The Morgan fingerprint density at radius 1 is 1.29 bits per heavy atom. The predicted octanol–water partition coefficient (Wildman–Crippen LogP) is 1.75. The average Bonchev–Trinajstić information content (AvgIpc) is 2.20. The van der Waals surface area contributed by atoms with E-state index in [-0.39, 0.29) is 6.04 Å². The van der Waals surface area contributed by atoms with E-state index in [1.54, 1.807) is 0 Å². The van der Waals surface area contributed by atoms with E-state index in [1.165, 1.54) is 17.5 Å². The van der Waals surface area contributed by atoms with Crippen LogP contribution in [-0.2, 0) is 0 Å². The lowest BCUT2D eigenvalue weighted by atomic mass is 9.93. The van der Waals surface area contributed by atoms with Gasteiger partial charge in [0.25, 0.3) is 0 Å². The van der Waals surface area contributed by atoms with Gasteiger partial charge in [-0.05, 0) is 31.9 Å². The number of rotatable bonds is 1. The van der Waals surface area contributed by atoms with Gasteiger partial charge in [-0.3, -0.25) is 0 Å². The van der Waals surface area contributed by atoms with Crippen LogP contribution in [0.2, 0.25) is 0 Å². The van der Waals surface area contributed by atoms with Crippen LogP contribution in [0.5, 0.6) is 0 Å². The van der Waals surface area contributed by atoms with Crippen molar-refractivity contribution in [2.45, 2.75) is 31.8 Å².